The molecule has 1 amide bonds. The van der Waals surface area contributed by atoms with Crippen LogP contribution in [0, 0.1) is 11.3 Å². The lowest BCUT2D eigenvalue weighted by Gasteiger charge is -2.23. The van der Waals surface area contributed by atoms with E-state index in [-0.39, 0.29) is 42.1 Å². The first kappa shape index (κ1) is 19.8. The fourth-order valence-electron chi connectivity index (χ4n) is 3.61. The van der Waals surface area contributed by atoms with Gasteiger partial charge >= 0.3 is 0 Å². The predicted octanol–water partition coefficient (Wildman–Crippen LogP) is 4.20. The second-order valence-corrected chi connectivity index (χ2v) is 7.88. The molecule has 2 saturated carbocycles. The second-order valence-electron chi connectivity index (χ2n) is 6.97. The zero-order valence-corrected chi connectivity index (χ0v) is 16.7. The topological polar surface area (TPSA) is 53.2 Å². The summed E-state index contributed by atoms with van der Waals surface area (Å²) < 4.78 is 0.997. The van der Waals surface area contributed by atoms with Crippen molar-refractivity contribution in [2.45, 2.75) is 38.1 Å². The maximum Gasteiger partial charge on any atom is 0.228 e. The molecule has 1 spiro atoms. The maximum atomic E-state index is 12.6. The number of benzene rings is 1. The Labute approximate surface area is 163 Å². The third-order valence-electron chi connectivity index (χ3n) is 5.28. The van der Waals surface area contributed by atoms with E-state index in [9.17, 15) is 4.79 Å². The van der Waals surface area contributed by atoms with Crippen LogP contribution in [-0.4, -0.2) is 25.0 Å². The molecule has 3 fully saturated rings. The molecule has 134 valence electrons. The molecule has 1 aromatic rings. The lowest BCUT2D eigenvalue weighted by atomic mass is 9.92. The summed E-state index contributed by atoms with van der Waals surface area (Å²) in [7, 11) is 0. The summed E-state index contributed by atoms with van der Waals surface area (Å²) >= 11 is 3.50. The molecule has 24 heavy (non-hydrogen) atoms. The maximum absolute atomic E-state index is 12.6. The van der Waals surface area contributed by atoms with Gasteiger partial charge in [0.05, 0.1) is 11.4 Å². The highest BCUT2D eigenvalue weighted by atomic mass is 79.9. The van der Waals surface area contributed by atoms with Gasteiger partial charge in [0.1, 0.15) is 0 Å². The molecule has 3 N–H and O–H groups in total. The van der Waals surface area contributed by atoms with Gasteiger partial charge in [0.15, 0.2) is 0 Å². The molecule has 1 unspecified atom stereocenters. The average Bonchev–Trinajstić information content (AvgIpc) is 3.41. The fourth-order valence-corrected chi connectivity index (χ4v) is 3.97. The lowest BCUT2D eigenvalue weighted by Crippen LogP contribution is -2.31. The summed E-state index contributed by atoms with van der Waals surface area (Å²) in [5.41, 5.74) is 2.23. The van der Waals surface area contributed by atoms with Crippen molar-refractivity contribution in [3.8, 4) is 0 Å². The third-order valence-corrected chi connectivity index (χ3v) is 5.78. The molecule has 3 aliphatic rings. The summed E-state index contributed by atoms with van der Waals surface area (Å²) in [5.74, 6) is 0.390. The molecule has 4 nitrogen and oxygen atoms in total. The molecule has 1 atom stereocenters. The lowest BCUT2D eigenvalue weighted by molar-refractivity contribution is -0.118. The quantitative estimate of drug-likeness (QED) is 0.662. The van der Waals surface area contributed by atoms with Gasteiger partial charge in [-0.2, -0.15) is 0 Å². The minimum atomic E-state index is 0. The molecule has 0 radical (unpaired) electrons. The summed E-state index contributed by atoms with van der Waals surface area (Å²) in [6.07, 6.45) is 5.78. The first-order valence-electron chi connectivity index (χ1n) is 8.24. The van der Waals surface area contributed by atoms with Crippen molar-refractivity contribution >= 4 is 58.0 Å². The smallest absolute Gasteiger partial charge is 0.228 e. The molecule has 2 aliphatic carbocycles. The zero-order valence-electron chi connectivity index (χ0n) is 13.4. The Morgan fingerprint density at radius 3 is 2.54 bits per heavy atom. The van der Waals surface area contributed by atoms with E-state index in [1.165, 1.54) is 12.8 Å². The zero-order chi connectivity index (χ0) is 15.2. The van der Waals surface area contributed by atoms with Crippen LogP contribution in [0.2, 0.25) is 0 Å². The SMILES string of the molecule is Cl.Cl.O=C(Nc1cc(Br)ccc1NC1CC1)C1CC12CCNCC2. The van der Waals surface area contributed by atoms with Crippen molar-refractivity contribution in [1.82, 2.24) is 5.32 Å². The van der Waals surface area contributed by atoms with Crippen LogP contribution < -0.4 is 16.0 Å². The molecule has 1 aromatic carbocycles. The van der Waals surface area contributed by atoms with E-state index in [4.69, 9.17) is 0 Å². The van der Waals surface area contributed by atoms with Crippen LogP contribution in [0.15, 0.2) is 22.7 Å². The molecule has 0 bridgehead atoms. The van der Waals surface area contributed by atoms with Gasteiger partial charge < -0.3 is 16.0 Å². The van der Waals surface area contributed by atoms with E-state index < -0.39 is 0 Å². The number of nitrogens with one attached hydrogen (secondary N) is 3. The number of amides is 1. The van der Waals surface area contributed by atoms with Crippen LogP contribution in [0.4, 0.5) is 11.4 Å². The molecular weight excluding hydrogens is 413 g/mol. The normalized spacial score (nSPS) is 23.6. The first-order valence-corrected chi connectivity index (χ1v) is 9.03. The van der Waals surface area contributed by atoms with Crippen LogP contribution in [-0.2, 0) is 4.79 Å². The number of rotatable bonds is 4. The van der Waals surface area contributed by atoms with Crippen LogP contribution in [0.25, 0.3) is 0 Å². The molecule has 0 aromatic heterocycles. The highest BCUT2D eigenvalue weighted by Crippen LogP contribution is 2.58. The summed E-state index contributed by atoms with van der Waals surface area (Å²) in [4.78, 5) is 12.6. The number of hydrogen-bond acceptors (Lipinski definition) is 3. The van der Waals surface area contributed by atoms with Gasteiger partial charge in [-0.1, -0.05) is 15.9 Å². The fraction of sp³-hybridized carbons (Fsp3) is 0.588. The van der Waals surface area contributed by atoms with Crippen LogP contribution >= 0.6 is 40.7 Å². The van der Waals surface area contributed by atoms with E-state index in [1.807, 2.05) is 18.2 Å². The number of anilines is 2. The van der Waals surface area contributed by atoms with Crippen LogP contribution in [0.3, 0.4) is 0 Å². The monoisotopic (exact) mass is 435 g/mol. The molecule has 7 heteroatoms. The van der Waals surface area contributed by atoms with Gasteiger partial charge in [-0.3, -0.25) is 4.79 Å². The van der Waals surface area contributed by atoms with Crippen molar-refractivity contribution in [3.63, 3.8) is 0 Å². The van der Waals surface area contributed by atoms with Crippen molar-refractivity contribution in [2.24, 2.45) is 11.3 Å². The van der Waals surface area contributed by atoms with Crippen molar-refractivity contribution in [3.05, 3.63) is 22.7 Å². The summed E-state index contributed by atoms with van der Waals surface area (Å²) in [6, 6.07) is 6.64. The van der Waals surface area contributed by atoms with Gasteiger partial charge in [0, 0.05) is 16.4 Å². The molecule has 1 aliphatic heterocycles. The Morgan fingerprint density at radius 2 is 1.88 bits per heavy atom. The minimum absolute atomic E-state index is 0. The van der Waals surface area contributed by atoms with E-state index in [2.05, 4.69) is 31.9 Å². The number of carbonyl (C=O) groups excluding carboxylic acids is 1. The molecular formula is C17H24BrCl2N3O. The number of hydrogen-bond donors (Lipinski definition) is 3. The number of carbonyl (C=O) groups is 1. The van der Waals surface area contributed by atoms with Gasteiger partial charge in [-0.25, -0.2) is 0 Å². The minimum Gasteiger partial charge on any atom is -0.381 e. The largest absolute Gasteiger partial charge is 0.381 e. The Hall–Kier alpha value is -0.490. The van der Waals surface area contributed by atoms with Gasteiger partial charge in [-0.05, 0) is 68.8 Å². The van der Waals surface area contributed by atoms with E-state index >= 15 is 0 Å². The van der Waals surface area contributed by atoms with E-state index in [1.54, 1.807) is 0 Å². The number of piperidine rings is 1. The average molecular weight is 437 g/mol. The molecule has 4 rings (SSSR count). The summed E-state index contributed by atoms with van der Waals surface area (Å²) in [5, 5.41) is 10.1. The van der Waals surface area contributed by atoms with Gasteiger partial charge in [-0.15, -0.1) is 24.8 Å². The van der Waals surface area contributed by atoms with Crippen LogP contribution in [0.1, 0.15) is 32.1 Å². The Bertz CT molecular complexity index is 603. The first-order chi connectivity index (χ1) is 10.7. The van der Waals surface area contributed by atoms with Crippen molar-refractivity contribution < 1.29 is 4.79 Å². The predicted molar refractivity (Wildman–Crippen MR) is 107 cm³/mol. The third kappa shape index (κ3) is 4.18. The Balaban J connectivity index is 0.00000104. The number of halogens is 3. The second kappa shape index (κ2) is 7.81. The Kier molecular flexibility index (Phi) is 6.46. The van der Waals surface area contributed by atoms with Crippen molar-refractivity contribution in [2.75, 3.05) is 23.7 Å². The van der Waals surface area contributed by atoms with E-state index in [0.717, 1.165) is 48.2 Å². The van der Waals surface area contributed by atoms with Crippen molar-refractivity contribution in [1.29, 1.82) is 0 Å². The summed E-state index contributed by atoms with van der Waals surface area (Å²) in [6.45, 7) is 2.10. The highest BCUT2D eigenvalue weighted by Gasteiger charge is 2.57. The Morgan fingerprint density at radius 1 is 1.17 bits per heavy atom. The molecule has 1 heterocycles. The van der Waals surface area contributed by atoms with Crippen LogP contribution in [0.5, 0.6) is 0 Å². The highest BCUT2D eigenvalue weighted by molar-refractivity contribution is 9.10. The standard InChI is InChI=1S/C17H22BrN3O.2ClH/c18-11-1-4-14(20-12-2-3-12)15(9-11)21-16(22)13-10-17(13)5-7-19-8-6-17;;/h1,4,9,12-13,19-20H,2-3,5-8,10H2,(H,21,22);2*1H. The van der Waals surface area contributed by atoms with Gasteiger partial charge in [0.25, 0.3) is 0 Å². The van der Waals surface area contributed by atoms with Gasteiger partial charge in [0.2, 0.25) is 5.91 Å². The van der Waals surface area contributed by atoms with E-state index in [0.29, 0.717) is 6.04 Å². The molecule has 1 saturated heterocycles.